The highest BCUT2D eigenvalue weighted by Crippen LogP contribution is 2.39. The molecular formula is C32H36ClN5O2S. The van der Waals surface area contributed by atoms with E-state index in [1.165, 1.54) is 11.8 Å². The highest BCUT2D eigenvalue weighted by Gasteiger charge is 2.26. The summed E-state index contributed by atoms with van der Waals surface area (Å²) < 4.78 is 1.93. The zero-order valence-electron chi connectivity index (χ0n) is 24.5. The number of halogens is 1. The van der Waals surface area contributed by atoms with Gasteiger partial charge in [-0.05, 0) is 71.8 Å². The number of phenols is 1. The maximum absolute atomic E-state index is 12.8. The van der Waals surface area contributed by atoms with Gasteiger partial charge in [-0.15, -0.1) is 10.2 Å². The third-order valence-corrected chi connectivity index (χ3v) is 7.69. The van der Waals surface area contributed by atoms with E-state index in [1.807, 2.05) is 72.2 Å². The quantitative estimate of drug-likeness (QED) is 0.133. The molecule has 0 aliphatic rings. The number of amides is 1. The summed E-state index contributed by atoms with van der Waals surface area (Å²) in [4.78, 5) is 12.8. The normalized spacial score (nSPS) is 12.2. The van der Waals surface area contributed by atoms with Gasteiger partial charge in [-0.3, -0.25) is 9.36 Å². The molecule has 9 heteroatoms. The van der Waals surface area contributed by atoms with Gasteiger partial charge in [0.1, 0.15) is 5.75 Å². The molecule has 7 nitrogen and oxygen atoms in total. The molecule has 0 unspecified atom stereocenters. The summed E-state index contributed by atoms with van der Waals surface area (Å²) >= 11 is 7.37. The van der Waals surface area contributed by atoms with E-state index >= 15 is 0 Å². The number of hydrazone groups is 1. The fourth-order valence-electron chi connectivity index (χ4n) is 4.29. The van der Waals surface area contributed by atoms with E-state index in [1.54, 1.807) is 6.21 Å². The molecule has 4 rings (SSSR count). The largest absolute Gasteiger partial charge is 0.507 e. The standard InChI is InChI=1S/C32H36ClN5O2S/c1-20-8-14-24(15-9-20)38-29(22-10-12-23(33)13-11-22)36-37-30(38)41-19-27(39)35-34-18-21-16-25(31(2,3)4)28(40)26(17-21)32(5,6)7/h8-18,40H,19H2,1-7H3,(H,35,39)/b34-18+. The van der Waals surface area contributed by atoms with E-state index in [0.29, 0.717) is 21.8 Å². The highest BCUT2D eigenvalue weighted by atomic mass is 35.5. The third-order valence-electron chi connectivity index (χ3n) is 6.51. The minimum absolute atomic E-state index is 0.0953. The summed E-state index contributed by atoms with van der Waals surface area (Å²) in [6, 6.07) is 19.3. The van der Waals surface area contributed by atoms with Crippen LogP contribution in [0.4, 0.5) is 0 Å². The van der Waals surface area contributed by atoms with Crippen LogP contribution in [0.15, 0.2) is 70.9 Å². The van der Waals surface area contributed by atoms with Crippen molar-refractivity contribution < 1.29 is 9.90 Å². The molecule has 214 valence electrons. The first-order valence-corrected chi connectivity index (χ1v) is 14.7. The number of nitrogens with one attached hydrogen (secondary N) is 1. The van der Waals surface area contributed by atoms with Gasteiger partial charge in [-0.1, -0.05) is 82.6 Å². The van der Waals surface area contributed by atoms with Crippen LogP contribution in [0.25, 0.3) is 17.1 Å². The van der Waals surface area contributed by atoms with Crippen molar-refractivity contribution >= 4 is 35.5 Å². The van der Waals surface area contributed by atoms with Gasteiger partial charge in [0, 0.05) is 27.4 Å². The number of hydrogen-bond acceptors (Lipinski definition) is 6. The van der Waals surface area contributed by atoms with Crippen molar-refractivity contribution in [2.24, 2.45) is 5.10 Å². The number of thioether (sulfide) groups is 1. The molecule has 0 bridgehead atoms. The fraction of sp³-hybridized carbons (Fsp3) is 0.312. The van der Waals surface area contributed by atoms with E-state index < -0.39 is 0 Å². The number of rotatable bonds is 7. The monoisotopic (exact) mass is 589 g/mol. The smallest absolute Gasteiger partial charge is 0.250 e. The lowest BCUT2D eigenvalue weighted by Crippen LogP contribution is -2.20. The number of carbonyl (C=O) groups is 1. The van der Waals surface area contributed by atoms with Gasteiger partial charge < -0.3 is 5.11 Å². The number of carbonyl (C=O) groups excluding carboxylic acids is 1. The lowest BCUT2D eigenvalue weighted by Gasteiger charge is -2.27. The molecule has 1 amide bonds. The first-order chi connectivity index (χ1) is 19.2. The summed E-state index contributed by atoms with van der Waals surface area (Å²) in [7, 11) is 0. The molecule has 0 fully saturated rings. The molecule has 3 aromatic carbocycles. The van der Waals surface area contributed by atoms with Gasteiger partial charge in [0.2, 0.25) is 0 Å². The van der Waals surface area contributed by atoms with Crippen molar-refractivity contribution in [3.63, 3.8) is 0 Å². The number of aromatic hydroxyl groups is 1. The van der Waals surface area contributed by atoms with E-state index in [2.05, 4.69) is 62.3 Å². The summed E-state index contributed by atoms with van der Waals surface area (Å²) in [5, 5.41) is 25.2. The highest BCUT2D eigenvalue weighted by molar-refractivity contribution is 7.99. The molecule has 0 radical (unpaired) electrons. The lowest BCUT2D eigenvalue weighted by molar-refractivity contribution is -0.118. The molecule has 0 saturated carbocycles. The molecule has 0 atom stereocenters. The van der Waals surface area contributed by atoms with Crippen LogP contribution in [0, 0.1) is 6.92 Å². The Morgan fingerprint density at radius 2 is 1.56 bits per heavy atom. The number of benzene rings is 3. The topological polar surface area (TPSA) is 92.4 Å². The van der Waals surface area contributed by atoms with Crippen molar-refractivity contribution in [1.29, 1.82) is 0 Å². The van der Waals surface area contributed by atoms with Gasteiger partial charge >= 0.3 is 0 Å². The van der Waals surface area contributed by atoms with Crippen LogP contribution >= 0.6 is 23.4 Å². The summed E-state index contributed by atoms with van der Waals surface area (Å²) in [6.07, 6.45) is 1.61. The van der Waals surface area contributed by atoms with Crippen molar-refractivity contribution in [3.8, 4) is 22.8 Å². The maximum Gasteiger partial charge on any atom is 0.250 e. The molecule has 0 aliphatic heterocycles. The number of aromatic nitrogens is 3. The molecule has 2 N–H and O–H groups in total. The van der Waals surface area contributed by atoms with Crippen LogP contribution < -0.4 is 5.43 Å². The van der Waals surface area contributed by atoms with Gasteiger partial charge in [-0.25, -0.2) is 5.43 Å². The Balaban J connectivity index is 1.52. The molecule has 0 spiro atoms. The number of nitrogens with zero attached hydrogens (tertiary/aromatic N) is 4. The van der Waals surface area contributed by atoms with Gasteiger partial charge in [0.15, 0.2) is 11.0 Å². The average molecular weight is 590 g/mol. The molecule has 4 aromatic rings. The van der Waals surface area contributed by atoms with E-state index in [0.717, 1.165) is 33.5 Å². The molecular weight excluding hydrogens is 554 g/mol. The molecule has 1 heterocycles. The van der Waals surface area contributed by atoms with Crippen molar-refractivity contribution in [2.75, 3.05) is 5.75 Å². The number of hydrogen-bond donors (Lipinski definition) is 2. The predicted molar refractivity (Wildman–Crippen MR) is 169 cm³/mol. The Bertz CT molecular complexity index is 1530. The van der Waals surface area contributed by atoms with E-state index in [4.69, 9.17) is 11.6 Å². The van der Waals surface area contributed by atoms with Gasteiger partial charge in [0.05, 0.1) is 12.0 Å². The first-order valence-electron chi connectivity index (χ1n) is 13.3. The Kier molecular flexibility index (Phi) is 8.94. The van der Waals surface area contributed by atoms with Crippen LogP contribution in [0.1, 0.15) is 63.8 Å². The molecule has 41 heavy (non-hydrogen) atoms. The lowest BCUT2D eigenvalue weighted by atomic mass is 9.78. The summed E-state index contributed by atoms with van der Waals surface area (Å²) in [5.74, 6) is 0.780. The maximum atomic E-state index is 12.8. The van der Waals surface area contributed by atoms with E-state index in [-0.39, 0.29) is 22.5 Å². The zero-order chi connectivity index (χ0) is 29.9. The third kappa shape index (κ3) is 7.37. The van der Waals surface area contributed by atoms with Crippen LogP contribution in [-0.4, -0.2) is 37.7 Å². The minimum Gasteiger partial charge on any atom is -0.507 e. The second-order valence-electron chi connectivity index (χ2n) is 12.0. The fourth-order valence-corrected chi connectivity index (χ4v) is 5.16. The second kappa shape index (κ2) is 12.1. The molecule has 0 aliphatic carbocycles. The second-order valence-corrected chi connectivity index (χ2v) is 13.4. The Morgan fingerprint density at radius 3 is 2.12 bits per heavy atom. The molecule has 1 aromatic heterocycles. The predicted octanol–water partition coefficient (Wildman–Crippen LogP) is 7.44. The van der Waals surface area contributed by atoms with Gasteiger partial charge in [0.25, 0.3) is 5.91 Å². The minimum atomic E-state index is -0.274. The van der Waals surface area contributed by atoms with Gasteiger partial charge in [-0.2, -0.15) is 5.10 Å². The molecule has 0 saturated heterocycles. The summed E-state index contributed by atoms with van der Waals surface area (Å²) in [5.41, 5.74) is 7.47. The van der Waals surface area contributed by atoms with Crippen LogP contribution in [0.3, 0.4) is 0 Å². The Morgan fingerprint density at radius 1 is 0.976 bits per heavy atom. The summed E-state index contributed by atoms with van der Waals surface area (Å²) in [6.45, 7) is 14.4. The SMILES string of the molecule is Cc1ccc(-n2c(SCC(=O)N/N=C/c3cc(C(C)(C)C)c(O)c(C(C)(C)C)c3)nnc2-c2ccc(Cl)cc2)cc1. The van der Waals surface area contributed by atoms with Crippen LogP contribution in [0.2, 0.25) is 5.02 Å². The van der Waals surface area contributed by atoms with Crippen molar-refractivity contribution in [1.82, 2.24) is 20.2 Å². The number of aryl methyl sites for hydroxylation is 1. The Labute approximate surface area is 251 Å². The Hall–Kier alpha value is -3.62. The van der Waals surface area contributed by atoms with Crippen LogP contribution in [0.5, 0.6) is 5.75 Å². The van der Waals surface area contributed by atoms with E-state index in [9.17, 15) is 9.90 Å². The first kappa shape index (κ1) is 30.3. The van der Waals surface area contributed by atoms with Crippen LogP contribution in [-0.2, 0) is 15.6 Å². The zero-order valence-corrected chi connectivity index (χ0v) is 26.1. The van der Waals surface area contributed by atoms with Crippen molar-refractivity contribution in [3.05, 3.63) is 87.9 Å². The number of phenolic OH excluding ortho intramolecular Hbond substituents is 1. The average Bonchev–Trinajstić information content (AvgIpc) is 3.31. The van der Waals surface area contributed by atoms with Crippen molar-refractivity contribution in [2.45, 2.75) is 64.5 Å².